The first kappa shape index (κ1) is 12.0. The van der Waals surface area contributed by atoms with E-state index in [4.69, 9.17) is 0 Å². The average Bonchev–Trinajstić information content (AvgIpc) is 2.15. The van der Waals surface area contributed by atoms with Crippen LogP contribution in [0, 0.1) is 0 Å². The molecule has 15 heavy (non-hydrogen) atoms. The first-order valence-corrected chi connectivity index (χ1v) is 6.57. The quantitative estimate of drug-likeness (QED) is 0.822. The molecule has 0 aliphatic heterocycles. The van der Waals surface area contributed by atoms with Gasteiger partial charge in [0.25, 0.3) is 0 Å². The standard InChI is InChI=1S/C10H15NO3S/c1-3-10(12)8-4-6-9(7-5-8)11-15(2,13)14/h4-7,10-12H,3H2,1-2H3. The van der Waals surface area contributed by atoms with Crippen LogP contribution < -0.4 is 4.72 Å². The van der Waals surface area contributed by atoms with Gasteiger partial charge in [-0.05, 0) is 24.1 Å². The molecule has 1 aromatic rings. The molecule has 5 heteroatoms. The molecule has 0 aliphatic rings. The summed E-state index contributed by atoms with van der Waals surface area (Å²) in [6, 6.07) is 6.69. The van der Waals surface area contributed by atoms with Crippen molar-refractivity contribution in [3.05, 3.63) is 29.8 Å². The van der Waals surface area contributed by atoms with E-state index in [1.54, 1.807) is 24.3 Å². The average molecular weight is 229 g/mol. The van der Waals surface area contributed by atoms with E-state index in [2.05, 4.69) is 4.72 Å². The molecule has 0 radical (unpaired) electrons. The predicted octanol–water partition coefficient (Wildman–Crippen LogP) is 1.50. The summed E-state index contributed by atoms with van der Waals surface area (Å²) in [6.45, 7) is 1.88. The Kier molecular flexibility index (Phi) is 3.71. The summed E-state index contributed by atoms with van der Waals surface area (Å²) in [5.41, 5.74) is 1.29. The topological polar surface area (TPSA) is 66.4 Å². The monoisotopic (exact) mass is 229 g/mol. The third-order valence-corrected chi connectivity index (χ3v) is 2.59. The number of aliphatic hydroxyl groups excluding tert-OH is 1. The van der Waals surface area contributed by atoms with E-state index in [1.165, 1.54) is 0 Å². The Labute approximate surface area is 90.0 Å². The van der Waals surface area contributed by atoms with Gasteiger partial charge in [0.2, 0.25) is 10.0 Å². The summed E-state index contributed by atoms with van der Waals surface area (Å²) in [7, 11) is -3.23. The minimum atomic E-state index is -3.23. The van der Waals surface area contributed by atoms with Crippen molar-refractivity contribution in [1.82, 2.24) is 0 Å². The number of hydrogen-bond donors (Lipinski definition) is 2. The Balaban J connectivity index is 2.81. The molecule has 1 atom stereocenters. The van der Waals surface area contributed by atoms with Crippen molar-refractivity contribution in [2.24, 2.45) is 0 Å². The molecule has 84 valence electrons. The van der Waals surface area contributed by atoms with Gasteiger partial charge in [0, 0.05) is 5.69 Å². The van der Waals surface area contributed by atoms with E-state index in [1.807, 2.05) is 6.92 Å². The zero-order chi connectivity index (χ0) is 11.5. The van der Waals surface area contributed by atoms with Crippen molar-refractivity contribution < 1.29 is 13.5 Å². The summed E-state index contributed by atoms with van der Waals surface area (Å²) in [4.78, 5) is 0. The van der Waals surface area contributed by atoms with Gasteiger partial charge in [-0.1, -0.05) is 19.1 Å². The van der Waals surface area contributed by atoms with Crippen LogP contribution in [0.2, 0.25) is 0 Å². The van der Waals surface area contributed by atoms with Gasteiger partial charge in [0.15, 0.2) is 0 Å². The molecule has 1 rings (SSSR count). The second kappa shape index (κ2) is 4.63. The lowest BCUT2D eigenvalue weighted by atomic mass is 10.1. The maximum absolute atomic E-state index is 10.9. The SMILES string of the molecule is CCC(O)c1ccc(NS(C)(=O)=O)cc1. The predicted molar refractivity (Wildman–Crippen MR) is 60.2 cm³/mol. The lowest BCUT2D eigenvalue weighted by Gasteiger charge is -2.09. The highest BCUT2D eigenvalue weighted by Crippen LogP contribution is 2.18. The third-order valence-electron chi connectivity index (χ3n) is 1.99. The van der Waals surface area contributed by atoms with Gasteiger partial charge in [-0.3, -0.25) is 4.72 Å². The normalized spacial score (nSPS) is 13.5. The van der Waals surface area contributed by atoms with Crippen LogP contribution in [0.1, 0.15) is 25.0 Å². The van der Waals surface area contributed by atoms with Crippen molar-refractivity contribution in [3.63, 3.8) is 0 Å². The maximum atomic E-state index is 10.9. The smallest absolute Gasteiger partial charge is 0.229 e. The number of aliphatic hydroxyl groups is 1. The minimum Gasteiger partial charge on any atom is -0.388 e. The van der Waals surface area contributed by atoms with E-state index in [0.29, 0.717) is 12.1 Å². The van der Waals surface area contributed by atoms with Gasteiger partial charge in [-0.15, -0.1) is 0 Å². The van der Waals surface area contributed by atoms with Crippen molar-refractivity contribution in [2.45, 2.75) is 19.4 Å². The van der Waals surface area contributed by atoms with Crippen LogP contribution >= 0.6 is 0 Å². The van der Waals surface area contributed by atoms with Crippen molar-refractivity contribution >= 4 is 15.7 Å². The molecule has 0 heterocycles. The molecule has 0 bridgehead atoms. The van der Waals surface area contributed by atoms with Crippen LogP contribution in [0.3, 0.4) is 0 Å². The molecular weight excluding hydrogens is 214 g/mol. The maximum Gasteiger partial charge on any atom is 0.229 e. The molecule has 0 spiro atoms. The fourth-order valence-corrected chi connectivity index (χ4v) is 1.79. The zero-order valence-corrected chi connectivity index (χ0v) is 9.58. The Morgan fingerprint density at radius 1 is 1.33 bits per heavy atom. The first-order valence-electron chi connectivity index (χ1n) is 4.68. The molecule has 4 nitrogen and oxygen atoms in total. The molecule has 0 fully saturated rings. The summed E-state index contributed by atoms with van der Waals surface area (Å²) in [5.74, 6) is 0. The molecule has 0 saturated carbocycles. The van der Waals surface area contributed by atoms with Crippen molar-refractivity contribution in [1.29, 1.82) is 0 Å². The highest BCUT2D eigenvalue weighted by molar-refractivity contribution is 7.92. The van der Waals surface area contributed by atoms with Crippen LogP contribution in [-0.2, 0) is 10.0 Å². The van der Waals surface area contributed by atoms with E-state index >= 15 is 0 Å². The lowest BCUT2D eigenvalue weighted by molar-refractivity contribution is 0.173. The highest BCUT2D eigenvalue weighted by Gasteiger charge is 2.05. The largest absolute Gasteiger partial charge is 0.388 e. The second-order valence-corrected chi connectivity index (χ2v) is 5.17. The second-order valence-electron chi connectivity index (χ2n) is 3.42. The van der Waals surface area contributed by atoms with E-state index in [0.717, 1.165) is 11.8 Å². The summed E-state index contributed by atoms with van der Waals surface area (Å²) in [6.07, 6.45) is 1.25. The van der Waals surface area contributed by atoms with Gasteiger partial charge in [0.1, 0.15) is 0 Å². The van der Waals surface area contributed by atoms with Crippen LogP contribution in [0.25, 0.3) is 0 Å². The Hall–Kier alpha value is -1.07. The van der Waals surface area contributed by atoms with Crippen LogP contribution in [0.15, 0.2) is 24.3 Å². The van der Waals surface area contributed by atoms with E-state index in [9.17, 15) is 13.5 Å². The fourth-order valence-electron chi connectivity index (χ4n) is 1.22. The molecule has 0 amide bonds. The molecule has 2 N–H and O–H groups in total. The molecule has 0 aliphatic carbocycles. The molecule has 0 saturated heterocycles. The van der Waals surface area contributed by atoms with Crippen molar-refractivity contribution in [2.75, 3.05) is 11.0 Å². The molecule has 0 aromatic heterocycles. The summed E-state index contributed by atoms with van der Waals surface area (Å²) >= 11 is 0. The van der Waals surface area contributed by atoms with E-state index < -0.39 is 16.1 Å². The first-order chi connectivity index (χ1) is 6.92. The highest BCUT2D eigenvalue weighted by atomic mass is 32.2. The van der Waals surface area contributed by atoms with Gasteiger partial charge in [0.05, 0.1) is 12.4 Å². The number of hydrogen-bond acceptors (Lipinski definition) is 3. The Morgan fingerprint density at radius 3 is 2.27 bits per heavy atom. The number of sulfonamides is 1. The molecule has 1 aromatic carbocycles. The number of anilines is 1. The van der Waals surface area contributed by atoms with Crippen LogP contribution in [0.4, 0.5) is 5.69 Å². The van der Waals surface area contributed by atoms with Gasteiger partial charge in [-0.25, -0.2) is 8.42 Å². The number of benzene rings is 1. The Morgan fingerprint density at radius 2 is 1.87 bits per heavy atom. The molecule has 1 unspecified atom stereocenters. The van der Waals surface area contributed by atoms with Gasteiger partial charge < -0.3 is 5.11 Å². The van der Waals surface area contributed by atoms with Crippen LogP contribution in [-0.4, -0.2) is 19.8 Å². The number of rotatable bonds is 4. The Bertz CT molecular complexity index is 411. The lowest BCUT2D eigenvalue weighted by Crippen LogP contribution is -2.09. The van der Waals surface area contributed by atoms with Crippen LogP contribution in [0.5, 0.6) is 0 Å². The van der Waals surface area contributed by atoms with Gasteiger partial charge >= 0.3 is 0 Å². The number of nitrogens with one attached hydrogen (secondary N) is 1. The molecular formula is C10H15NO3S. The minimum absolute atomic E-state index is 0.489. The fraction of sp³-hybridized carbons (Fsp3) is 0.400. The van der Waals surface area contributed by atoms with Crippen molar-refractivity contribution in [3.8, 4) is 0 Å². The van der Waals surface area contributed by atoms with E-state index in [-0.39, 0.29) is 0 Å². The summed E-state index contributed by atoms with van der Waals surface area (Å²) in [5, 5.41) is 9.51. The summed E-state index contributed by atoms with van der Waals surface area (Å²) < 4.78 is 24.2. The van der Waals surface area contributed by atoms with Gasteiger partial charge in [-0.2, -0.15) is 0 Å². The third kappa shape index (κ3) is 3.89. The zero-order valence-electron chi connectivity index (χ0n) is 8.77.